The van der Waals surface area contributed by atoms with Crippen molar-refractivity contribution in [3.8, 4) is 0 Å². The van der Waals surface area contributed by atoms with Crippen molar-refractivity contribution in [1.29, 1.82) is 0 Å². The lowest BCUT2D eigenvalue weighted by molar-refractivity contribution is -0.116. The van der Waals surface area contributed by atoms with Crippen LogP contribution in [0.3, 0.4) is 0 Å². The maximum Gasteiger partial charge on any atom is 0.240 e. The largest absolute Gasteiger partial charge is 0.326 e. The monoisotopic (exact) mass is 396 g/mol. The number of rotatable bonds is 6. The predicted molar refractivity (Wildman–Crippen MR) is 93.8 cm³/mol. The number of carbonyl (C=O) groups is 1. The van der Waals surface area contributed by atoms with Crippen LogP contribution in [0.15, 0.2) is 57.9 Å². The highest BCUT2D eigenvalue weighted by Gasteiger charge is 2.10. The summed E-state index contributed by atoms with van der Waals surface area (Å²) in [6.45, 7) is 0. The van der Waals surface area contributed by atoms with Crippen molar-refractivity contribution in [3.05, 3.63) is 58.6 Å². The van der Waals surface area contributed by atoms with E-state index in [9.17, 15) is 13.2 Å². The maximum absolute atomic E-state index is 11.9. The lowest BCUT2D eigenvalue weighted by atomic mass is 10.1. The second kappa shape index (κ2) is 7.72. The molecule has 0 spiro atoms. The second-order valence-corrected chi connectivity index (χ2v) is 7.71. The molecule has 1 amide bonds. The summed E-state index contributed by atoms with van der Waals surface area (Å²) >= 11 is 3.34. The van der Waals surface area contributed by atoms with Gasteiger partial charge in [-0.3, -0.25) is 4.79 Å². The lowest BCUT2D eigenvalue weighted by Crippen LogP contribution is -2.18. The van der Waals surface area contributed by atoms with E-state index in [0.29, 0.717) is 12.8 Å². The van der Waals surface area contributed by atoms with Crippen LogP contribution >= 0.6 is 15.9 Å². The van der Waals surface area contributed by atoms with E-state index in [1.807, 2.05) is 24.3 Å². The van der Waals surface area contributed by atoms with Crippen LogP contribution in [-0.4, -0.2) is 21.4 Å². The SMILES string of the molecule is CNS(=O)(=O)c1ccc(CCC(=O)Nc2ccc(Br)cc2)cc1. The first-order chi connectivity index (χ1) is 10.9. The van der Waals surface area contributed by atoms with Gasteiger partial charge in [-0.05, 0) is 55.4 Å². The number of benzene rings is 2. The molecule has 0 atom stereocenters. The van der Waals surface area contributed by atoms with E-state index in [1.54, 1.807) is 12.1 Å². The number of sulfonamides is 1. The van der Waals surface area contributed by atoms with Crippen molar-refractivity contribution < 1.29 is 13.2 Å². The fourth-order valence-electron chi connectivity index (χ4n) is 1.97. The second-order valence-electron chi connectivity index (χ2n) is 4.91. The van der Waals surface area contributed by atoms with Crippen molar-refractivity contribution in [3.63, 3.8) is 0 Å². The number of nitrogens with one attached hydrogen (secondary N) is 2. The van der Waals surface area contributed by atoms with Gasteiger partial charge in [-0.1, -0.05) is 28.1 Å². The fraction of sp³-hybridized carbons (Fsp3) is 0.188. The number of hydrogen-bond acceptors (Lipinski definition) is 3. The zero-order valence-corrected chi connectivity index (χ0v) is 14.9. The molecule has 0 bridgehead atoms. The highest BCUT2D eigenvalue weighted by atomic mass is 79.9. The molecule has 0 unspecified atom stereocenters. The van der Waals surface area contributed by atoms with Gasteiger partial charge in [-0.25, -0.2) is 13.1 Å². The minimum Gasteiger partial charge on any atom is -0.326 e. The van der Waals surface area contributed by atoms with Gasteiger partial charge in [0.2, 0.25) is 15.9 Å². The molecule has 7 heteroatoms. The minimum atomic E-state index is -3.42. The van der Waals surface area contributed by atoms with Gasteiger partial charge in [0.15, 0.2) is 0 Å². The smallest absolute Gasteiger partial charge is 0.240 e. The number of hydrogen-bond donors (Lipinski definition) is 2. The van der Waals surface area contributed by atoms with E-state index in [4.69, 9.17) is 0 Å². The first kappa shape index (κ1) is 17.7. The Morgan fingerprint density at radius 1 is 1.04 bits per heavy atom. The molecule has 0 fully saturated rings. The molecule has 0 heterocycles. The number of anilines is 1. The standard InChI is InChI=1S/C16H17BrN2O3S/c1-18-23(21,22)15-9-2-12(3-10-15)4-11-16(20)19-14-7-5-13(17)6-8-14/h2-3,5-10,18H,4,11H2,1H3,(H,19,20). The van der Waals surface area contributed by atoms with Crippen molar-refractivity contribution >= 4 is 37.5 Å². The molecule has 23 heavy (non-hydrogen) atoms. The van der Waals surface area contributed by atoms with Gasteiger partial charge in [0.05, 0.1) is 4.90 Å². The summed E-state index contributed by atoms with van der Waals surface area (Å²) < 4.78 is 26.5. The van der Waals surface area contributed by atoms with E-state index in [2.05, 4.69) is 26.0 Å². The molecule has 0 aliphatic carbocycles. The molecule has 2 N–H and O–H groups in total. The number of carbonyl (C=O) groups excluding carboxylic acids is 1. The van der Waals surface area contributed by atoms with Crippen LogP contribution in [-0.2, 0) is 21.2 Å². The van der Waals surface area contributed by atoms with E-state index in [-0.39, 0.29) is 10.8 Å². The number of aryl methyl sites for hydroxylation is 1. The Morgan fingerprint density at radius 3 is 2.22 bits per heavy atom. The van der Waals surface area contributed by atoms with Crippen molar-refractivity contribution in [1.82, 2.24) is 4.72 Å². The molecule has 0 aromatic heterocycles. The lowest BCUT2D eigenvalue weighted by Gasteiger charge is -2.06. The molecule has 0 saturated heterocycles. The topological polar surface area (TPSA) is 75.3 Å². The molecular formula is C16H17BrN2O3S. The summed E-state index contributed by atoms with van der Waals surface area (Å²) in [5.41, 5.74) is 1.65. The first-order valence-corrected chi connectivity index (χ1v) is 9.26. The summed E-state index contributed by atoms with van der Waals surface area (Å²) in [5, 5.41) is 2.82. The van der Waals surface area contributed by atoms with Crippen LogP contribution in [0.1, 0.15) is 12.0 Å². The van der Waals surface area contributed by atoms with Crippen molar-refractivity contribution in [2.24, 2.45) is 0 Å². The van der Waals surface area contributed by atoms with Crippen LogP contribution < -0.4 is 10.0 Å². The van der Waals surface area contributed by atoms with Crippen LogP contribution in [0.25, 0.3) is 0 Å². The summed E-state index contributed by atoms with van der Waals surface area (Å²) in [5.74, 6) is -0.0840. The van der Waals surface area contributed by atoms with E-state index in [0.717, 1.165) is 15.7 Å². The third-order valence-corrected chi connectivity index (χ3v) is 5.23. The summed E-state index contributed by atoms with van der Waals surface area (Å²) in [4.78, 5) is 12.1. The molecule has 0 aliphatic rings. The Morgan fingerprint density at radius 2 is 1.65 bits per heavy atom. The molecule has 122 valence electrons. The zero-order chi connectivity index (χ0) is 16.9. The van der Waals surface area contributed by atoms with Gasteiger partial charge >= 0.3 is 0 Å². The quantitative estimate of drug-likeness (QED) is 0.787. The van der Waals surface area contributed by atoms with Crippen LogP contribution in [0.5, 0.6) is 0 Å². The zero-order valence-electron chi connectivity index (χ0n) is 12.5. The molecule has 2 rings (SSSR count). The summed E-state index contributed by atoms with van der Waals surface area (Å²) in [6, 6.07) is 13.9. The van der Waals surface area contributed by atoms with Gasteiger partial charge < -0.3 is 5.32 Å². The third kappa shape index (κ3) is 5.16. The van der Waals surface area contributed by atoms with Gasteiger partial charge in [0, 0.05) is 16.6 Å². The van der Waals surface area contributed by atoms with E-state index in [1.165, 1.54) is 19.2 Å². The van der Waals surface area contributed by atoms with E-state index >= 15 is 0 Å². The van der Waals surface area contributed by atoms with Crippen LogP contribution in [0, 0.1) is 0 Å². The fourth-order valence-corrected chi connectivity index (χ4v) is 2.96. The molecule has 0 saturated carbocycles. The van der Waals surface area contributed by atoms with Crippen molar-refractivity contribution in [2.45, 2.75) is 17.7 Å². The third-order valence-electron chi connectivity index (χ3n) is 3.27. The van der Waals surface area contributed by atoms with Gasteiger partial charge in [0.1, 0.15) is 0 Å². The molecule has 0 radical (unpaired) electrons. The van der Waals surface area contributed by atoms with E-state index < -0.39 is 10.0 Å². The normalized spacial score (nSPS) is 11.2. The van der Waals surface area contributed by atoms with Gasteiger partial charge in [0.25, 0.3) is 0 Å². The summed E-state index contributed by atoms with van der Waals surface area (Å²) in [7, 11) is -2.05. The van der Waals surface area contributed by atoms with Gasteiger partial charge in [-0.2, -0.15) is 0 Å². The Kier molecular flexibility index (Phi) is 5.92. The maximum atomic E-state index is 11.9. The average molecular weight is 397 g/mol. The van der Waals surface area contributed by atoms with Crippen LogP contribution in [0.2, 0.25) is 0 Å². The first-order valence-electron chi connectivity index (χ1n) is 6.98. The highest BCUT2D eigenvalue weighted by molar-refractivity contribution is 9.10. The number of halogens is 1. The molecule has 5 nitrogen and oxygen atoms in total. The Labute approximate surface area is 144 Å². The predicted octanol–water partition coefficient (Wildman–Crippen LogP) is 2.93. The molecule has 0 aliphatic heterocycles. The molecular weight excluding hydrogens is 380 g/mol. The highest BCUT2D eigenvalue weighted by Crippen LogP contribution is 2.15. The number of amides is 1. The average Bonchev–Trinajstić information content (AvgIpc) is 2.55. The Bertz CT molecular complexity index is 772. The van der Waals surface area contributed by atoms with Crippen molar-refractivity contribution in [2.75, 3.05) is 12.4 Å². The molecule has 2 aromatic rings. The Balaban J connectivity index is 1.90. The van der Waals surface area contributed by atoms with Crippen LogP contribution in [0.4, 0.5) is 5.69 Å². The summed E-state index contributed by atoms with van der Waals surface area (Å²) in [6.07, 6.45) is 0.871. The van der Waals surface area contributed by atoms with Gasteiger partial charge in [-0.15, -0.1) is 0 Å². The minimum absolute atomic E-state index is 0.0840. The molecule has 2 aromatic carbocycles. The Hall–Kier alpha value is -1.70.